The van der Waals surface area contributed by atoms with E-state index < -0.39 is 22.4 Å². The number of Topliss-reactive ketones (excluding diaryl/α,β-unsaturated/α-hetero) is 1. The minimum absolute atomic E-state index is 0.0131. The van der Waals surface area contributed by atoms with Gasteiger partial charge in [0.2, 0.25) is 5.91 Å². The summed E-state index contributed by atoms with van der Waals surface area (Å²) in [4.78, 5) is 36.2. The number of fused-ring (bicyclic) bond motifs is 2. The van der Waals surface area contributed by atoms with E-state index in [2.05, 4.69) is 10.3 Å². The van der Waals surface area contributed by atoms with E-state index in [0.717, 1.165) is 5.39 Å². The van der Waals surface area contributed by atoms with Crippen LogP contribution in [0.4, 0.5) is 4.39 Å². The minimum atomic E-state index is -1.56. The van der Waals surface area contributed by atoms with Gasteiger partial charge in [-0.05, 0) is 75.7 Å². The Hall–Kier alpha value is -4.41. The highest BCUT2D eigenvalue weighted by Gasteiger charge is 2.48. The third kappa shape index (κ3) is 5.28. The number of carbonyl (C=O) groups is 2. The molecule has 0 aliphatic carbocycles. The Balaban J connectivity index is 1.34. The summed E-state index contributed by atoms with van der Waals surface area (Å²) < 4.78 is 30.7. The molecule has 0 saturated carbocycles. The van der Waals surface area contributed by atoms with Crippen LogP contribution in [0.2, 0.25) is 0 Å². The summed E-state index contributed by atoms with van der Waals surface area (Å²) in [7, 11) is 1.53. The summed E-state index contributed by atoms with van der Waals surface area (Å²) >= 11 is 0. The van der Waals surface area contributed by atoms with Crippen LogP contribution in [0.25, 0.3) is 22.2 Å². The Morgan fingerprint density at radius 3 is 2.55 bits per heavy atom. The lowest BCUT2D eigenvalue weighted by molar-refractivity contribution is -0.136. The van der Waals surface area contributed by atoms with Crippen molar-refractivity contribution in [2.75, 3.05) is 26.9 Å². The van der Waals surface area contributed by atoms with Crippen molar-refractivity contribution < 1.29 is 33.3 Å². The first-order valence-electron chi connectivity index (χ1n) is 14.5. The maximum Gasteiger partial charge on any atom is 0.234 e. The van der Waals surface area contributed by atoms with Gasteiger partial charge in [0.1, 0.15) is 46.1 Å². The van der Waals surface area contributed by atoms with Crippen molar-refractivity contribution in [2.24, 2.45) is 0 Å². The van der Waals surface area contributed by atoms with Crippen molar-refractivity contribution in [2.45, 2.75) is 50.2 Å². The molecular formula is C34H34FN3O6. The lowest BCUT2D eigenvalue weighted by atomic mass is 9.80. The van der Waals surface area contributed by atoms with E-state index in [1.807, 2.05) is 13.0 Å². The van der Waals surface area contributed by atoms with Gasteiger partial charge in [-0.25, -0.2) is 9.37 Å². The Bertz CT molecular complexity index is 1770. The molecule has 2 aromatic heterocycles. The van der Waals surface area contributed by atoms with Crippen molar-refractivity contribution in [1.29, 1.82) is 0 Å². The molecule has 6 rings (SSSR count). The number of aromatic nitrogens is 2. The molecular weight excluding hydrogens is 565 g/mol. The maximum atomic E-state index is 13.8. The number of nitrogens with one attached hydrogen (secondary N) is 1. The van der Waals surface area contributed by atoms with Crippen LogP contribution in [-0.2, 0) is 20.5 Å². The number of aliphatic hydroxyl groups is 1. The monoisotopic (exact) mass is 599 g/mol. The van der Waals surface area contributed by atoms with E-state index in [1.54, 1.807) is 56.4 Å². The van der Waals surface area contributed by atoms with Gasteiger partial charge >= 0.3 is 0 Å². The van der Waals surface area contributed by atoms with Gasteiger partial charge in [0.15, 0.2) is 5.78 Å². The summed E-state index contributed by atoms with van der Waals surface area (Å²) in [5.41, 5.74) is -0.264. The first kappa shape index (κ1) is 29.7. The summed E-state index contributed by atoms with van der Waals surface area (Å²) in [6.07, 6.45) is 1.72. The average Bonchev–Trinajstić information content (AvgIpc) is 3.36. The largest absolute Gasteiger partial charge is 0.494 e. The van der Waals surface area contributed by atoms with Crippen LogP contribution >= 0.6 is 0 Å². The van der Waals surface area contributed by atoms with Crippen LogP contribution in [0, 0.1) is 5.82 Å². The van der Waals surface area contributed by atoms with Gasteiger partial charge in [0, 0.05) is 34.7 Å². The molecule has 2 N–H and O–H groups in total. The second-order valence-electron chi connectivity index (χ2n) is 12.3. The summed E-state index contributed by atoms with van der Waals surface area (Å²) in [6.45, 7) is 6.17. The number of methoxy groups -OCH3 is 1. The van der Waals surface area contributed by atoms with Crippen LogP contribution in [0.3, 0.4) is 0 Å². The predicted octanol–water partition coefficient (Wildman–Crippen LogP) is 4.87. The van der Waals surface area contributed by atoms with Crippen molar-refractivity contribution >= 4 is 22.6 Å². The highest BCUT2D eigenvalue weighted by atomic mass is 19.1. The number of amides is 1. The summed E-state index contributed by atoms with van der Waals surface area (Å²) in [6, 6.07) is 14.5. The molecule has 1 saturated heterocycles. The van der Waals surface area contributed by atoms with E-state index in [-0.39, 0.29) is 36.8 Å². The minimum Gasteiger partial charge on any atom is -0.494 e. The Morgan fingerprint density at radius 2 is 1.86 bits per heavy atom. The van der Waals surface area contributed by atoms with Crippen LogP contribution < -0.4 is 14.8 Å². The van der Waals surface area contributed by atoms with E-state index in [9.17, 15) is 19.1 Å². The quantitative estimate of drug-likeness (QED) is 0.262. The number of hydrogen-bond donors (Lipinski definition) is 2. The number of nitrogens with zero attached hydrogens (tertiary/aromatic N) is 2. The molecule has 10 heteroatoms. The number of halogens is 1. The Morgan fingerprint density at radius 1 is 1.11 bits per heavy atom. The predicted molar refractivity (Wildman–Crippen MR) is 161 cm³/mol. The van der Waals surface area contributed by atoms with Gasteiger partial charge in [-0.15, -0.1) is 0 Å². The number of carbonyl (C=O) groups excluding carboxylic acids is 2. The highest BCUT2D eigenvalue weighted by Crippen LogP contribution is 2.46. The molecule has 9 nitrogen and oxygen atoms in total. The zero-order valence-corrected chi connectivity index (χ0v) is 25.1. The molecule has 1 amide bonds. The summed E-state index contributed by atoms with van der Waals surface area (Å²) in [5.74, 6) is 0.0601. The van der Waals surface area contributed by atoms with Gasteiger partial charge in [0.25, 0.3) is 0 Å². The third-order valence-electron chi connectivity index (χ3n) is 8.55. The number of benzene rings is 2. The van der Waals surface area contributed by atoms with E-state index in [4.69, 9.17) is 19.2 Å². The fraction of sp³-hybridized carbons (Fsp3) is 0.353. The fourth-order valence-electron chi connectivity index (χ4n) is 5.65. The lowest BCUT2D eigenvalue weighted by Crippen LogP contribution is -2.63. The maximum absolute atomic E-state index is 13.8. The standard InChI is InChI=1S/C34H34FN3O6/c1-32(17-43-18-32)38-31(40)33(2)19-44-30-24(33)16-27(37-29(30)20-7-9-23(35)10-8-20)34(3,41)12-11-25(39)22-14-21-6-5-13-36-28(21)26(15-22)42-4/h5-10,13-16,41H,11-12,17-19H2,1-4H3,(H,38,40)/t33-,34-/m0/s1. The molecule has 4 heterocycles. The molecule has 0 unspecified atom stereocenters. The first-order valence-corrected chi connectivity index (χ1v) is 14.5. The van der Waals surface area contributed by atoms with Gasteiger partial charge in [-0.3, -0.25) is 14.6 Å². The Kier molecular flexibility index (Phi) is 7.37. The van der Waals surface area contributed by atoms with Gasteiger partial charge in [-0.1, -0.05) is 6.07 Å². The molecule has 2 aromatic carbocycles. The normalized spacial score (nSPS) is 19.8. The molecule has 2 aliphatic heterocycles. The fourth-order valence-corrected chi connectivity index (χ4v) is 5.65. The number of rotatable bonds is 9. The second kappa shape index (κ2) is 10.9. The zero-order valence-electron chi connectivity index (χ0n) is 25.1. The summed E-state index contributed by atoms with van der Waals surface area (Å²) in [5, 5.41) is 15.6. The lowest BCUT2D eigenvalue weighted by Gasteiger charge is -2.40. The molecule has 2 aliphatic rings. The molecule has 44 heavy (non-hydrogen) atoms. The molecule has 2 atom stereocenters. The van der Waals surface area contributed by atoms with Crippen LogP contribution in [0.5, 0.6) is 11.5 Å². The highest BCUT2D eigenvalue weighted by molar-refractivity contribution is 6.01. The molecule has 1 fully saturated rings. The van der Waals surface area contributed by atoms with Gasteiger partial charge < -0.3 is 24.6 Å². The van der Waals surface area contributed by atoms with E-state index >= 15 is 0 Å². The van der Waals surface area contributed by atoms with Crippen LogP contribution in [-0.4, -0.2) is 59.2 Å². The number of pyridine rings is 2. The molecule has 0 radical (unpaired) electrons. The van der Waals surface area contributed by atoms with E-state index in [0.29, 0.717) is 52.6 Å². The number of ether oxygens (including phenoxy) is 3. The van der Waals surface area contributed by atoms with Gasteiger partial charge in [-0.2, -0.15) is 0 Å². The SMILES string of the molecule is COc1cc(C(=O)CC[C@](C)(O)c2cc3c(c(-c4ccc(F)cc4)n2)OC[C@]3(C)C(=O)NC2(C)COC2)cc2cccnc12. The van der Waals surface area contributed by atoms with Crippen molar-refractivity contribution in [3.63, 3.8) is 0 Å². The van der Waals surface area contributed by atoms with E-state index in [1.165, 1.54) is 19.2 Å². The van der Waals surface area contributed by atoms with Crippen LogP contribution in [0.15, 0.2) is 60.8 Å². The van der Waals surface area contributed by atoms with Gasteiger partial charge in [0.05, 0.1) is 31.6 Å². The number of hydrogen-bond acceptors (Lipinski definition) is 8. The second-order valence-corrected chi connectivity index (χ2v) is 12.3. The molecule has 0 spiro atoms. The Labute approximate surface area is 254 Å². The zero-order chi connectivity index (χ0) is 31.3. The molecule has 0 bridgehead atoms. The van der Waals surface area contributed by atoms with Crippen LogP contribution in [0.1, 0.15) is 55.2 Å². The van der Waals surface area contributed by atoms with Crippen molar-refractivity contribution in [3.8, 4) is 22.8 Å². The molecule has 228 valence electrons. The smallest absolute Gasteiger partial charge is 0.234 e. The first-order chi connectivity index (χ1) is 20.9. The average molecular weight is 600 g/mol. The number of ketones is 1. The topological polar surface area (TPSA) is 120 Å². The molecule has 4 aromatic rings. The van der Waals surface area contributed by atoms with Crippen molar-refractivity contribution in [3.05, 3.63) is 83.4 Å². The third-order valence-corrected chi connectivity index (χ3v) is 8.55. The van der Waals surface area contributed by atoms with Crippen molar-refractivity contribution in [1.82, 2.24) is 15.3 Å².